The van der Waals surface area contributed by atoms with Crippen molar-refractivity contribution >= 4 is 21.0 Å². The van der Waals surface area contributed by atoms with Gasteiger partial charge in [-0.2, -0.15) is 13.2 Å². The molecule has 1 rings (SSSR count). The van der Waals surface area contributed by atoms with Crippen LogP contribution in [0.25, 0.3) is 0 Å². The van der Waals surface area contributed by atoms with Gasteiger partial charge in [-0.1, -0.05) is 19.6 Å². The summed E-state index contributed by atoms with van der Waals surface area (Å²) in [7, 11) is -2.86. The zero-order valence-corrected chi connectivity index (χ0v) is 16.9. The predicted molar refractivity (Wildman–Crippen MR) is 92.3 cm³/mol. The average molecular weight is 400 g/mol. The number of hydrogen-bond donors (Lipinski definition) is 0. The standard InChI is InChI=1S/C15H24F3O5PSi/c1-20-24(19,21-2)12-6-7-14(13(10-12)15(16,17)18)23-11-22-8-9-25(3,4)5/h6-7,10H,8-9,11H2,1-5H3. The van der Waals surface area contributed by atoms with E-state index < -0.39 is 33.2 Å². The Morgan fingerprint density at radius 2 is 1.72 bits per heavy atom. The third-order valence-corrected chi connectivity index (χ3v) is 6.94. The van der Waals surface area contributed by atoms with Gasteiger partial charge in [-0.3, -0.25) is 4.57 Å². The third kappa shape index (κ3) is 6.75. The molecule has 25 heavy (non-hydrogen) atoms. The highest BCUT2D eigenvalue weighted by Crippen LogP contribution is 2.47. The van der Waals surface area contributed by atoms with Crippen LogP contribution in [0.15, 0.2) is 18.2 Å². The van der Waals surface area contributed by atoms with Gasteiger partial charge in [-0.15, -0.1) is 0 Å². The molecule has 0 spiro atoms. The first-order chi connectivity index (χ1) is 11.4. The molecule has 0 bridgehead atoms. The molecular formula is C15H24F3O5PSi. The number of hydrogen-bond acceptors (Lipinski definition) is 5. The van der Waals surface area contributed by atoms with Crippen molar-refractivity contribution in [3.05, 3.63) is 23.8 Å². The Hall–Kier alpha value is -0.863. The quantitative estimate of drug-likeness (QED) is 0.264. The van der Waals surface area contributed by atoms with Crippen LogP contribution in [0.5, 0.6) is 5.75 Å². The van der Waals surface area contributed by atoms with Crippen LogP contribution < -0.4 is 10.0 Å². The lowest BCUT2D eigenvalue weighted by molar-refractivity contribution is -0.139. The lowest BCUT2D eigenvalue weighted by atomic mass is 10.2. The fraction of sp³-hybridized carbons (Fsp3) is 0.600. The molecule has 0 amide bonds. The predicted octanol–water partition coefficient (Wildman–Crippen LogP) is 4.51. The molecule has 0 aliphatic heterocycles. The molecule has 0 N–H and O–H groups in total. The zero-order chi connectivity index (χ0) is 19.3. The number of rotatable bonds is 9. The minimum Gasteiger partial charge on any atom is -0.467 e. The van der Waals surface area contributed by atoms with Crippen molar-refractivity contribution in [3.8, 4) is 5.75 Å². The van der Waals surface area contributed by atoms with Crippen LogP contribution in [0.4, 0.5) is 13.2 Å². The van der Waals surface area contributed by atoms with E-state index in [0.29, 0.717) is 12.7 Å². The number of halogens is 3. The van der Waals surface area contributed by atoms with E-state index >= 15 is 0 Å². The minimum absolute atomic E-state index is 0.197. The Balaban J connectivity index is 2.92. The molecule has 0 aliphatic rings. The van der Waals surface area contributed by atoms with Crippen molar-refractivity contribution in [1.29, 1.82) is 0 Å². The summed E-state index contributed by atoms with van der Waals surface area (Å²) in [5.74, 6) is -0.400. The normalized spacial score (nSPS) is 13.1. The molecule has 144 valence electrons. The first-order valence-corrected chi connectivity index (χ1v) is 12.8. The van der Waals surface area contributed by atoms with Crippen molar-refractivity contribution < 1.29 is 36.3 Å². The highest BCUT2D eigenvalue weighted by atomic mass is 31.2. The van der Waals surface area contributed by atoms with Crippen molar-refractivity contribution in [1.82, 2.24) is 0 Å². The van der Waals surface area contributed by atoms with E-state index in [-0.39, 0.29) is 12.1 Å². The monoisotopic (exact) mass is 400 g/mol. The molecule has 1 aromatic carbocycles. The molecule has 0 radical (unpaired) electrons. The summed E-state index contributed by atoms with van der Waals surface area (Å²) in [4.78, 5) is 0. The Bertz CT molecular complexity index is 608. The molecule has 0 heterocycles. The summed E-state index contributed by atoms with van der Waals surface area (Å²) in [5.41, 5.74) is -1.06. The van der Waals surface area contributed by atoms with Gasteiger partial charge in [0.2, 0.25) is 0 Å². The third-order valence-electron chi connectivity index (χ3n) is 3.36. The lowest BCUT2D eigenvalue weighted by Crippen LogP contribution is -2.22. The summed E-state index contributed by atoms with van der Waals surface area (Å²) >= 11 is 0. The van der Waals surface area contributed by atoms with Crippen LogP contribution in [0.2, 0.25) is 25.7 Å². The zero-order valence-electron chi connectivity index (χ0n) is 15.0. The van der Waals surface area contributed by atoms with Gasteiger partial charge < -0.3 is 18.5 Å². The van der Waals surface area contributed by atoms with Crippen molar-refractivity contribution in [2.75, 3.05) is 27.6 Å². The molecule has 10 heteroatoms. The molecule has 0 saturated heterocycles. The maximum Gasteiger partial charge on any atom is 0.419 e. The van der Waals surface area contributed by atoms with E-state index in [1.807, 2.05) is 0 Å². The van der Waals surface area contributed by atoms with Crippen molar-refractivity contribution in [2.45, 2.75) is 31.9 Å². The van der Waals surface area contributed by atoms with E-state index in [1.54, 1.807) is 0 Å². The second-order valence-corrected chi connectivity index (χ2v) is 14.4. The lowest BCUT2D eigenvalue weighted by Gasteiger charge is -2.19. The van der Waals surface area contributed by atoms with E-state index in [4.69, 9.17) is 18.5 Å². The number of ether oxygens (including phenoxy) is 2. The summed E-state index contributed by atoms with van der Waals surface area (Å²) in [6.45, 7) is 6.64. The van der Waals surface area contributed by atoms with Gasteiger partial charge in [0.15, 0.2) is 6.79 Å². The van der Waals surface area contributed by atoms with Crippen LogP contribution in [-0.2, 0) is 24.5 Å². The van der Waals surface area contributed by atoms with Crippen molar-refractivity contribution in [2.24, 2.45) is 0 Å². The van der Waals surface area contributed by atoms with Crippen LogP contribution in [0.3, 0.4) is 0 Å². The summed E-state index contributed by atoms with van der Waals surface area (Å²) in [5, 5.41) is -0.197. The molecule has 0 aromatic heterocycles. The number of alkyl halides is 3. The topological polar surface area (TPSA) is 54.0 Å². The minimum atomic E-state index is -4.68. The Labute approximate surface area is 147 Å². The first-order valence-electron chi connectivity index (χ1n) is 7.57. The second-order valence-electron chi connectivity index (χ2n) is 6.52. The van der Waals surface area contributed by atoms with Crippen LogP contribution in [-0.4, -0.2) is 35.7 Å². The van der Waals surface area contributed by atoms with Crippen molar-refractivity contribution in [3.63, 3.8) is 0 Å². The SMILES string of the molecule is COP(=O)(OC)c1ccc(OCOCC[Si](C)(C)C)c(C(F)(F)F)c1. The van der Waals surface area contributed by atoms with Gasteiger partial charge in [0.1, 0.15) is 5.75 Å². The molecule has 0 atom stereocenters. The smallest absolute Gasteiger partial charge is 0.419 e. The van der Waals surface area contributed by atoms with Gasteiger partial charge in [-0.05, 0) is 24.2 Å². The summed E-state index contributed by atoms with van der Waals surface area (Å²) in [6, 6.07) is 3.91. The van der Waals surface area contributed by atoms with Gasteiger partial charge in [-0.25, -0.2) is 0 Å². The molecule has 0 saturated carbocycles. The Kier molecular flexibility index (Phi) is 7.70. The van der Waals surface area contributed by atoms with Gasteiger partial charge >= 0.3 is 13.8 Å². The highest BCUT2D eigenvalue weighted by Gasteiger charge is 2.37. The van der Waals surface area contributed by atoms with E-state index in [0.717, 1.165) is 26.3 Å². The van der Waals surface area contributed by atoms with Gasteiger partial charge in [0.25, 0.3) is 0 Å². The molecule has 0 unspecified atom stereocenters. The van der Waals surface area contributed by atoms with E-state index in [2.05, 4.69) is 19.6 Å². The van der Waals surface area contributed by atoms with Crippen LogP contribution >= 0.6 is 7.60 Å². The Morgan fingerprint density at radius 3 is 2.20 bits per heavy atom. The summed E-state index contributed by atoms with van der Waals surface area (Å²) < 4.78 is 71.9. The van der Waals surface area contributed by atoms with Gasteiger partial charge in [0, 0.05) is 28.9 Å². The molecule has 0 fully saturated rings. The highest BCUT2D eigenvalue weighted by molar-refractivity contribution is 7.62. The van der Waals surface area contributed by atoms with E-state index in [9.17, 15) is 17.7 Å². The largest absolute Gasteiger partial charge is 0.467 e. The van der Waals surface area contributed by atoms with Gasteiger partial charge in [0.05, 0.1) is 10.9 Å². The maximum absolute atomic E-state index is 13.3. The first kappa shape index (κ1) is 22.2. The van der Waals surface area contributed by atoms with E-state index in [1.165, 1.54) is 6.07 Å². The summed E-state index contributed by atoms with van der Waals surface area (Å²) in [6.07, 6.45) is -4.68. The average Bonchev–Trinajstić information content (AvgIpc) is 2.52. The fourth-order valence-corrected chi connectivity index (χ4v) is 3.74. The Morgan fingerprint density at radius 1 is 1.12 bits per heavy atom. The van der Waals surface area contributed by atoms with Crippen LogP contribution in [0, 0.1) is 0 Å². The molecular weight excluding hydrogens is 376 g/mol. The number of benzene rings is 1. The molecule has 0 aliphatic carbocycles. The fourth-order valence-electron chi connectivity index (χ4n) is 1.86. The van der Waals surface area contributed by atoms with Crippen LogP contribution in [0.1, 0.15) is 5.56 Å². The second kappa shape index (κ2) is 8.68. The maximum atomic E-state index is 13.3. The molecule has 5 nitrogen and oxygen atoms in total. The molecule has 1 aromatic rings.